The second-order valence-corrected chi connectivity index (χ2v) is 5.92. The number of benzene rings is 1. The topological polar surface area (TPSA) is 38.1 Å². The molecule has 1 unspecified atom stereocenters. The van der Waals surface area contributed by atoms with Crippen molar-refractivity contribution >= 4 is 5.91 Å². The molecule has 0 saturated carbocycles. The van der Waals surface area contributed by atoms with Crippen molar-refractivity contribution in [2.45, 2.75) is 32.2 Å². The first-order valence-corrected chi connectivity index (χ1v) is 7.61. The van der Waals surface area contributed by atoms with Gasteiger partial charge in [0.2, 0.25) is 0 Å². The Hall–Kier alpha value is -2.17. The van der Waals surface area contributed by atoms with Gasteiger partial charge in [-0.2, -0.15) is 0 Å². The molecule has 0 N–H and O–H groups in total. The predicted molar refractivity (Wildman–Crippen MR) is 82.0 cm³/mol. The Labute approximate surface area is 129 Å². The lowest BCUT2D eigenvalue weighted by molar-refractivity contribution is 0.0597. The average Bonchev–Trinajstić information content (AvgIpc) is 2.93. The van der Waals surface area contributed by atoms with E-state index in [1.807, 2.05) is 18.5 Å². The average molecular weight is 301 g/mol. The second kappa shape index (κ2) is 5.91. The van der Waals surface area contributed by atoms with Crippen LogP contribution in [0.2, 0.25) is 0 Å². The van der Waals surface area contributed by atoms with Crippen molar-refractivity contribution in [1.82, 2.24) is 14.5 Å². The van der Waals surface area contributed by atoms with E-state index < -0.39 is 5.82 Å². The molecule has 1 saturated heterocycles. The number of nitrogens with zero attached hydrogens (tertiary/aromatic N) is 3. The van der Waals surface area contributed by atoms with Gasteiger partial charge in [0.05, 0.1) is 29.8 Å². The molecule has 116 valence electrons. The third-order valence-corrected chi connectivity index (χ3v) is 4.31. The summed E-state index contributed by atoms with van der Waals surface area (Å²) in [7, 11) is 1.92. The Morgan fingerprint density at radius 1 is 1.36 bits per heavy atom. The molecule has 0 bridgehead atoms. The molecule has 1 amide bonds. The Kier molecular flexibility index (Phi) is 3.96. The summed E-state index contributed by atoms with van der Waals surface area (Å²) in [6, 6.07) is 4.74. The van der Waals surface area contributed by atoms with E-state index >= 15 is 0 Å². The fourth-order valence-corrected chi connectivity index (χ4v) is 3.12. The van der Waals surface area contributed by atoms with Crippen molar-refractivity contribution in [1.29, 1.82) is 0 Å². The molecule has 0 radical (unpaired) electrons. The summed E-state index contributed by atoms with van der Waals surface area (Å²) in [5, 5.41) is 0. The molecular formula is C17H20FN3O. The van der Waals surface area contributed by atoms with Crippen LogP contribution in [0.25, 0.3) is 0 Å². The smallest absolute Gasteiger partial charge is 0.257 e. The van der Waals surface area contributed by atoms with Crippen LogP contribution >= 0.6 is 0 Å². The highest BCUT2D eigenvalue weighted by Gasteiger charge is 2.31. The van der Waals surface area contributed by atoms with Gasteiger partial charge < -0.3 is 9.47 Å². The molecule has 1 aliphatic heterocycles. The molecule has 2 heterocycles. The maximum Gasteiger partial charge on any atom is 0.257 e. The molecule has 1 aliphatic rings. The lowest BCUT2D eigenvalue weighted by Crippen LogP contribution is -2.39. The number of hydrogen-bond acceptors (Lipinski definition) is 2. The number of carbonyl (C=O) groups excluding carboxylic acids is 1. The van der Waals surface area contributed by atoms with Gasteiger partial charge in [-0.25, -0.2) is 9.37 Å². The van der Waals surface area contributed by atoms with Gasteiger partial charge >= 0.3 is 0 Å². The molecule has 22 heavy (non-hydrogen) atoms. The van der Waals surface area contributed by atoms with Gasteiger partial charge in [0.15, 0.2) is 0 Å². The molecule has 1 aromatic carbocycles. The summed E-state index contributed by atoms with van der Waals surface area (Å²) in [6.07, 6.45) is 6.43. The number of aryl methyl sites for hydroxylation is 2. The SMILES string of the molecule is Cc1ccc(C(=O)N2CCCCC2c2cncn2C)c(F)c1. The van der Waals surface area contributed by atoms with E-state index in [2.05, 4.69) is 4.98 Å². The van der Waals surface area contributed by atoms with E-state index in [1.165, 1.54) is 6.07 Å². The highest BCUT2D eigenvalue weighted by Crippen LogP contribution is 2.32. The number of carbonyl (C=O) groups is 1. The van der Waals surface area contributed by atoms with Crippen LogP contribution in [0.3, 0.4) is 0 Å². The van der Waals surface area contributed by atoms with Crippen LogP contribution in [-0.2, 0) is 7.05 Å². The first-order chi connectivity index (χ1) is 10.6. The van der Waals surface area contributed by atoms with Crippen molar-refractivity contribution in [3.05, 3.63) is 53.4 Å². The van der Waals surface area contributed by atoms with Crippen LogP contribution in [0.1, 0.15) is 46.9 Å². The van der Waals surface area contributed by atoms with E-state index in [0.29, 0.717) is 6.54 Å². The van der Waals surface area contributed by atoms with E-state index in [4.69, 9.17) is 0 Å². The number of amides is 1. The summed E-state index contributed by atoms with van der Waals surface area (Å²) in [5.41, 5.74) is 1.97. The summed E-state index contributed by atoms with van der Waals surface area (Å²) in [4.78, 5) is 18.7. The first-order valence-electron chi connectivity index (χ1n) is 7.61. The molecule has 2 aromatic rings. The monoisotopic (exact) mass is 301 g/mol. The quantitative estimate of drug-likeness (QED) is 0.854. The van der Waals surface area contributed by atoms with Crippen molar-refractivity contribution in [2.24, 2.45) is 7.05 Å². The minimum Gasteiger partial charge on any atom is -0.336 e. The maximum absolute atomic E-state index is 14.1. The zero-order chi connectivity index (χ0) is 15.7. The normalized spacial score (nSPS) is 18.5. The Morgan fingerprint density at radius 2 is 2.18 bits per heavy atom. The minimum atomic E-state index is -0.445. The fraction of sp³-hybridized carbons (Fsp3) is 0.412. The number of rotatable bonds is 2. The second-order valence-electron chi connectivity index (χ2n) is 5.92. The number of aromatic nitrogens is 2. The summed E-state index contributed by atoms with van der Waals surface area (Å²) < 4.78 is 16.1. The Morgan fingerprint density at radius 3 is 2.86 bits per heavy atom. The summed E-state index contributed by atoms with van der Waals surface area (Å²) in [5.74, 6) is -0.678. The van der Waals surface area contributed by atoms with Crippen molar-refractivity contribution in [2.75, 3.05) is 6.54 Å². The van der Waals surface area contributed by atoms with E-state index in [9.17, 15) is 9.18 Å². The third kappa shape index (κ3) is 2.63. The third-order valence-electron chi connectivity index (χ3n) is 4.31. The van der Waals surface area contributed by atoms with Gasteiger partial charge in [-0.15, -0.1) is 0 Å². The summed E-state index contributed by atoms with van der Waals surface area (Å²) >= 11 is 0. The molecule has 1 aromatic heterocycles. The molecule has 0 spiro atoms. The highest BCUT2D eigenvalue weighted by molar-refractivity contribution is 5.94. The van der Waals surface area contributed by atoms with Gasteiger partial charge in [0.1, 0.15) is 5.82 Å². The Bertz CT molecular complexity index is 695. The molecule has 1 atom stereocenters. The molecule has 4 nitrogen and oxygen atoms in total. The van der Waals surface area contributed by atoms with Crippen LogP contribution < -0.4 is 0 Å². The Balaban J connectivity index is 1.93. The number of likely N-dealkylation sites (tertiary alicyclic amines) is 1. The number of halogens is 1. The van der Waals surface area contributed by atoms with Gasteiger partial charge in [-0.1, -0.05) is 6.07 Å². The van der Waals surface area contributed by atoms with Crippen molar-refractivity contribution < 1.29 is 9.18 Å². The molecule has 1 fully saturated rings. The van der Waals surface area contributed by atoms with Crippen LogP contribution in [-0.4, -0.2) is 26.9 Å². The first kappa shape index (κ1) is 14.8. The molecular weight excluding hydrogens is 281 g/mol. The number of imidazole rings is 1. The maximum atomic E-state index is 14.1. The zero-order valence-electron chi connectivity index (χ0n) is 12.9. The van der Waals surface area contributed by atoms with Crippen LogP contribution in [0, 0.1) is 12.7 Å². The number of piperidine rings is 1. The van der Waals surface area contributed by atoms with Gasteiger partial charge in [-0.3, -0.25) is 4.79 Å². The highest BCUT2D eigenvalue weighted by atomic mass is 19.1. The zero-order valence-corrected chi connectivity index (χ0v) is 12.9. The minimum absolute atomic E-state index is 0.0329. The number of hydrogen-bond donors (Lipinski definition) is 0. The van der Waals surface area contributed by atoms with Crippen LogP contribution in [0.4, 0.5) is 4.39 Å². The van der Waals surface area contributed by atoms with Crippen LogP contribution in [0.5, 0.6) is 0 Å². The van der Waals surface area contributed by atoms with Gasteiger partial charge in [0.25, 0.3) is 5.91 Å². The predicted octanol–water partition coefficient (Wildman–Crippen LogP) is 3.24. The largest absolute Gasteiger partial charge is 0.336 e. The van der Waals surface area contributed by atoms with E-state index in [-0.39, 0.29) is 17.5 Å². The lowest BCUT2D eigenvalue weighted by atomic mass is 9.98. The fourth-order valence-electron chi connectivity index (χ4n) is 3.12. The lowest BCUT2D eigenvalue weighted by Gasteiger charge is -2.36. The molecule has 5 heteroatoms. The summed E-state index contributed by atoms with van der Waals surface area (Å²) in [6.45, 7) is 2.47. The molecule has 0 aliphatic carbocycles. The van der Waals surface area contributed by atoms with Crippen molar-refractivity contribution in [3.8, 4) is 0 Å². The van der Waals surface area contributed by atoms with Crippen molar-refractivity contribution in [3.63, 3.8) is 0 Å². The molecule has 3 rings (SSSR count). The van der Waals surface area contributed by atoms with Gasteiger partial charge in [0, 0.05) is 13.6 Å². The van der Waals surface area contributed by atoms with E-state index in [1.54, 1.807) is 29.6 Å². The van der Waals surface area contributed by atoms with Crippen LogP contribution in [0.15, 0.2) is 30.7 Å². The van der Waals surface area contributed by atoms with Gasteiger partial charge in [-0.05, 0) is 43.9 Å². The standard InChI is InChI=1S/C17H20FN3O/c1-12-6-7-13(14(18)9-12)17(22)21-8-4-3-5-15(21)16-10-19-11-20(16)2/h6-7,9-11,15H,3-5,8H2,1-2H3. The van der Waals surface area contributed by atoms with E-state index in [0.717, 1.165) is 30.5 Å².